The van der Waals surface area contributed by atoms with Crippen LogP contribution < -0.4 is 15.5 Å². The SMILES string of the molecule is COCCNC(=S)Nc1cnn2ccc(N3CCC[C@@H]3c3cc(F)ccc3F)nc12. The van der Waals surface area contributed by atoms with E-state index in [1.54, 1.807) is 24.0 Å². The van der Waals surface area contributed by atoms with Crippen LogP contribution in [-0.2, 0) is 4.74 Å². The summed E-state index contributed by atoms with van der Waals surface area (Å²) in [5.41, 5.74) is 1.60. The maximum atomic E-state index is 14.4. The minimum Gasteiger partial charge on any atom is -0.383 e. The zero-order valence-electron chi connectivity index (χ0n) is 16.4. The van der Waals surface area contributed by atoms with Crippen molar-refractivity contribution in [2.75, 3.05) is 37.0 Å². The monoisotopic (exact) mass is 432 g/mol. The predicted molar refractivity (Wildman–Crippen MR) is 115 cm³/mol. The van der Waals surface area contributed by atoms with Crippen LogP contribution in [0.2, 0.25) is 0 Å². The van der Waals surface area contributed by atoms with Crippen LogP contribution in [-0.4, -0.2) is 46.5 Å². The van der Waals surface area contributed by atoms with E-state index in [-0.39, 0.29) is 6.04 Å². The number of halogens is 2. The van der Waals surface area contributed by atoms with Crippen LogP contribution in [0.1, 0.15) is 24.4 Å². The smallest absolute Gasteiger partial charge is 0.180 e. The van der Waals surface area contributed by atoms with Crippen molar-refractivity contribution in [3.8, 4) is 0 Å². The average Bonchev–Trinajstić information content (AvgIpc) is 3.37. The Labute approximate surface area is 178 Å². The van der Waals surface area contributed by atoms with Crippen LogP contribution in [0.3, 0.4) is 0 Å². The molecule has 0 aliphatic carbocycles. The van der Waals surface area contributed by atoms with Crippen molar-refractivity contribution in [3.05, 3.63) is 53.9 Å². The van der Waals surface area contributed by atoms with Gasteiger partial charge in [-0.3, -0.25) is 0 Å². The van der Waals surface area contributed by atoms with E-state index in [1.807, 2.05) is 11.0 Å². The number of anilines is 2. The van der Waals surface area contributed by atoms with Crippen molar-refractivity contribution < 1.29 is 13.5 Å². The van der Waals surface area contributed by atoms with Crippen molar-refractivity contribution in [1.82, 2.24) is 19.9 Å². The summed E-state index contributed by atoms with van der Waals surface area (Å²) >= 11 is 5.30. The van der Waals surface area contributed by atoms with Gasteiger partial charge in [-0.25, -0.2) is 18.3 Å². The Balaban J connectivity index is 1.59. The fourth-order valence-electron chi connectivity index (χ4n) is 3.67. The van der Waals surface area contributed by atoms with Crippen LogP contribution >= 0.6 is 12.2 Å². The molecule has 4 rings (SSSR count). The second kappa shape index (κ2) is 8.88. The van der Waals surface area contributed by atoms with Crippen LogP contribution in [0.15, 0.2) is 36.7 Å². The minimum absolute atomic E-state index is 0.272. The van der Waals surface area contributed by atoms with E-state index in [4.69, 9.17) is 21.9 Å². The number of rotatable bonds is 6. The summed E-state index contributed by atoms with van der Waals surface area (Å²) in [6, 6.07) is 5.14. The Bertz CT molecular complexity index is 1060. The van der Waals surface area contributed by atoms with Crippen LogP contribution in [0.5, 0.6) is 0 Å². The lowest BCUT2D eigenvalue weighted by atomic mass is 10.0. The molecular formula is C20H22F2N6OS. The normalized spacial score (nSPS) is 16.2. The molecule has 3 aromatic rings. The molecule has 30 heavy (non-hydrogen) atoms. The molecule has 1 aliphatic rings. The summed E-state index contributed by atoms with van der Waals surface area (Å²) < 4.78 is 34.8. The summed E-state index contributed by atoms with van der Waals surface area (Å²) in [5, 5.41) is 10.9. The van der Waals surface area contributed by atoms with E-state index in [9.17, 15) is 8.78 Å². The number of hydrogen-bond donors (Lipinski definition) is 2. The number of methoxy groups -OCH3 is 1. The van der Waals surface area contributed by atoms with Gasteiger partial charge in [0, 0.05) is 32.0 Å². The molecule has 1 aromatic carbocycles. The van der Waals surface area contributed by atoms with Gasteiger partial charge in [-0.2, -0.15) is 5.10 Å². The molecule has 0 unspecified atom stereocenters. The van der Waals surface area contributed by atoms with E-state index >= 15 is 0 Å². The molecule has 1 atom stereocenters. The Morgan fingerprint density at radius 1 is 1.33 bits per heavy atom. The Morgan fingerprint density at radius 2 is 2.20 bits per heavy atom. The highest BCUT2D eigenvalue weighted by atomic mass is 32.1. The number of nitrogens with one attached hydrogen (secondary N) is 2. The number of ether oxygens (including phenoxy) is 1. The van der Waals surface area contributed by atoms with E-state index in [1.165, 1.54) is 12.1 Å². The largest absolute Gasteiger partial charge is 0.383 e. The van der Waals surface area contributed by atoms with Gasteiger partial charge in [0.2, 0.25) is 0 Å². The van der Waals surface area contributed by atoms with Crippen molar-refractivity contribution in [2.45, 2.75) is 18.9 Å². The topological polar surface area (TPSA) is 66.7 Å². The molecule has 158 valence electrons. The first-order valence-corrected chi connectivity index (χ1v) is 10.1. The number of thiocarbonyl (C=S) groups is 1. The van der Waals surface area contributed by atoms with E-state index in [0.29, 0.717) is 47.5 Å². The first-order valence-electron chi connectivity index (χ1n) is 9.66. The van der Waals surface area contributed by atoms with Gasteiger partial charge in [-0.1, -0.05) is 0 Å². The molecular weight excluding hydrogens is 410 g/mol. The van der Waals surface area contributed by atoms with Gasteiger partial charge in [0.15, 0.2) is 10.8 Å². The molecule has 1 aliphatic heterocycles. The summed E-state index contributed by atoms with van der Waals surface area (Å²) in [6.45, 7) is 1.82. The van der Waals surface area contributed by atoms with Crippen LogP contribution in [0, 0.1) is 11.6 Å². The minimum atomic E-state index is -0.446. The molecule has 0 radical (unpaired) electrons. The second-order valence-corrected chi connectivity index (χ2v) is 7.41. The average molecular weight is 433 g/mol. The van der Waals surface area contributed by atoms with Gasteiger partial charge in [0.05, 0.1) is 18.8 Å². The molecule has 10 heteroatoms. The number of fused-ring (bicyclic) bond motifs is 1. The van der Waals surface area contributed by atoms with Gasteiger partial charge in [0.1, 0.15) is 23.1 Å². The molecule has 0 amide bonds. The summed E-state index contributed by atoms with van der Waals surface area (Å²) in [6.07, 6.45) is 5.03. The fraction of sp³-hybridized carbons (Fsp3) is 0.350. The summed E-state index contributed by atoms with van der Waals surface area (Å²) in [5.74, 6) is -0.178. The Morgan fingerprint density at radius 3 is 3.03 bits per heavy atom. The van der Waals surface area contributed by atoms with Gasteiger partial charge in [-0.05, 0) is 49.3 Å². The van der Waals surface area contributed by atoms with Gasteiger partial charge < -0.3 is 20.3 Å². The number of nitrogens with zero attached hydrogens (tertiary/aromatic N) is 4. The van der Waals surface area contributed by atoms with Crippen molar-refractivity contribution in [3.63, 3.8) is 0 Å². The molecule has 0 bridgehead atoms. The lowest BCUT2D eigenvalue weighted by Gasteiger charge is -2.26. The first kappa shape index (κ1) is 20.4. The third-order valence-corrected chi connectivity index (χ3v) is 5.30. The Kier molecular flexibility index (Phi) is 6.05. The molecule has 3 heterocycles. The molecule has 7 nitrogen and oxygen atoms in total. The maximum absolute atomic E-state index is 14.4. The molecule has 2 aromatic heterocycles. The predicted octanol–water partition coefficient (Wildman–Crippen LogP) is 3.28. The number of hydrogen-bond acceptors (Lipinski definition) is 5. The van der Waals surface area contributed by atoms with Crippen molar-refractivity contribution >= 4 is 34.5 Å². The maximum Gasteiger partial charge on any atom is 0.180 e. The van der Waals surface area contributed by atoms with Crippen molar-refractivity contribution in [2.24, 2.45) is 0 Å². The van der Waals surface area contributed by atoms with Gasteiger partial charge in [-0.15, -0.1) is 0 Å². The van der Waals surface area contributed by atoms with Gasteiger partial charge >= 0.3 is 0 Å². The highest BCUT2D eigenvalue weighted by molar-refractivity contribution is 7.80. The number of aromatic nitrogens is 3. The molecule has 1 fully saturated rings. The zero-order chi connectivity index (χ0) is 21.1. The molecule has 0 spiro atoms. The van der Waals surface area contributed by atoms with Gasteiger partial charge in [0.25, 0.3) is 0 Å². The van der Waals surface area contributed by atoms with Crippen molar-refractivity contribution in [1.29, 1.82) is 0 Å². The molecule has 1 saturated heterocycles. The lowest BCUT2D eigenvalue weighted by Crippen LogP contribution is -2.31. The van der Waals surface area contributed by atoms with Crippen LogP contribution in [0.4, 0.5) is 20.3 Å². The number of benzene rings is 1. The van der Waals surface area contributed by atoms with E-state index in [0.717, 1.165) is 18.9 Å². The third kappa shape index (κ3) is 4.19. The third-order valence-electron chi connectivity index (χ3n) is 5.06. The lowest BCUT2D eigenvalue weighted by molar-refractivity contribution is 0.204. The fourth-order valence-corrected chi connectivity index (χ4v) is 3.89. The molecule has 2 N–H and O–H groups in total. The second-order valence-electron chi connectivity index (χ2n) is 7.00. The first-order chi connectivity index (χ1) is 14.6. The highest BCUT2D eigenvalue weighted by Gasteiger charge is 2.30. The summed E-state index contributed by atoms with van der Waals surface area (Å²) in [7, 11) is 1.62. The summed E-state index contributed by atoms with van der Waals surface area (Å²) in [4.78, 5) is 6.73. The Hall–Kier alpha value is -2.85. The van der Waals surface area contributed by atoms with E-state index < -0.39 is 11.6 Å². The quantitative estimate of drug-likeness (QED) is 0.458. The zero-order valence-corrected chi connectivity index (χ0v) is 17.3. The van der Waals surface area contributed by atoms with E-state index in [2.05, 4.69) is 15.7 Å². The molecule has 0 saturated carbocycles. The standard InChI is InChI=1S/C20H22F2N6OS/c1-29-10-7-23-20(30)25-16-12-24-28-9-6-18(26-19(16)28)27-8-2-3-17(27)14-11-13(21)4-5-15(14)22/h4-6,9,11-12,17H,2-3,7-8,10H2,1H3,(H2,23,25,30)/t17-/m1/s1. The highest BCUT2D eigenvalue weighted by Crippen LogP contribution is 2.37. The van der Waals surface area contributed by atoms with Crippen LogP contribution in [0.25, 0.3) is 5.65 Å².